The molecule has 1 unspecified atom stereocenters. The van der Waals surface area contributed by atoms with E-state index in [9.17, 15) is 4.79 Å². The minimum absolute atomic E-state index is 0.00447. The summed E-state index contributed by atoms with van der Waals surface area (Å²) in [7, 11) is 0. The SMILES string of the molecule is CSCCC(=O)NC1(C)CCNC1. The highest BCUT2D eigenvalue weighted by Crippen LogP contribution is 2.13. The van der Waals surface area contributed by atoms with Crippen LogP contribution in [0.2, 0.25) is 0 Å². The fourth-order valence-corrected chi connectivity index (χ4v) is 1.91. The van der Waals surface area contributed by atoms with Crippen molar-refractivity contribution in [2.75, 3.05) is 25.1 Å². The molecule has 1 aliphatic rings. The molecule has 76 valence electrons. The highest BCUT2D eigenvalue weighted by atomic mass is 32.2. The zero-order chi connectivity index (χ0) is 9.73. The zero-order valence-electron chi connectivity index (χ0n) is 8.35. The molecule has 3 nitrogen and oxygen atoms in total. The summed E-state index contributed by atoms with van der Waals surface area (Å²) in [6.45, 7) is 4.02. The Balaban J connectivity index is 2.26. The predicted molar refractivity (Wildman–Crippen MR) is 57.0 cm³/mol. The van der Waals surface area contributed by atoms with E-state index < -0.39 is 0 Å². The smallest absolute Gasteiger partial charge is 0.221 e. The van der Waals surface area contributed by atoms with Gasteiger partial charge in [0, 0.05) is 18.7 Å². The van der Waals surface area contributed by atoms with Crippen LogP contribution in [0.4, 0.5) is 0 Å². The van der Waals surface area contributed by atoms with Gasteiger partial charge in [-0.25, -0.2) is 0 Å². The van der Waals surface area contributed by atoms with Gasteiger partial charge in [-0.1, -0.05) is 0 Å². The van der Waals surface area contributed by atoms with Crippen molar-refractivity contribution >= 4 is 17.7 Å². The molecular formula is C9H18N2OS. The topological polar surface area (TPSA) is 41.1 Å². The van der Waals surface area contributed by atoms with Crippen LogP contribution < -0.4 is 10.6 Å². The van der Waals surface area contributed by atoms with Crippen LogP contribution in [0.3, 0.4) is 0 Å². The molecule has 1 atom stereocenters. The molecule has 0 aromatic heterocycles. The van der Waals surface area contributed by atoms with Crippen LogP contribution >= 0.6 is 11.8 Å². The van der Waals surface area contributed by atoms with Gasteiger partial charge < -0.3 is 10.6 Å². The molecule has 0 aromatic carbocycles. The van der Waals surface area contributed by atoms with Crippen LogP contribution in [0.1, 0.15) is 19.8 Å². The molecule has 1 aliphatic heterocycles. The highest BCUT2D eigenvalue weighted by molar-refractivity contribution is 7.98. The third kappa shape index (κ3) is 3.56. The van der Waals surface area contributed by atoms with Gasteiger partial charge in [0.2, 0.25) is 5.91 Å². The van der Waals surface area contributed by atoms with Crippen molar-refractivity contribution < 1.29 is 4.79 Å². The highest BCUT2D eigenvalue weighted by Gasteiger charge is 2.29. The molecule has 0 saturated carbocycles. The molecular weight excluding hydrogens is 184 g/mol. The van der Waals surface area contributed by atoms with Gasteiger partial charge in [-0.2, -0.15) is 11.8 Å². The lowest BCUT2D eigenvalue weighted by molar-refractivity contribution is -0.122. The van der Waals surface area contributed by atoms with Crippen molar-refractivity contribution in [3.8, 4) is 0 Å². The fraction of sp³-hybridized carbons (Fsp3) is 0.889. The third-order valence-electron chi connectivity index (χ3n) is 2.34. The molecule has 0 bridgehead atoms. The molecule has 2 N–H and O–H groups in total. The Morgan fingerprint density at radius 1 is 1.69 bits per heavy atom. The van der Waals surface area contributed by atoms with E-state index in [0.717, 1.165) is 25.3 Å². The molecule has 1 rings (SSSR count). The van der Waals surface area contributed by atoms with E-state index in [1.807, 2.05) is 6.26 Å². The molecule has 4 heteroatoms. The number of thioether (sulfide) groups is 1. The molecule has 1 heterocycles. The maximum absolute atomic E-state index is 11.4. The summed E-state index contributed by atoms with van der Waals surface area (Å²) >= 11 is 1.71. The summed E-state index contributed by atoms with van der Waals surface area (Å²) in [5.41, 5.74) is -0.00447. The third-order valence-corrected chi connectivity index (χ3v) is 2.96. The first kappa shape index (κ1) is 10.9. The normalized spacial score (nSPS) is 27.5. The van der Waals surface area contributed by atoms with Crippen LogP contribution in [0.25, 0.3) is 0 Å². The molecule has 0 radical (unpaired) electrons. The van der Waals surface area contributed by atoms with E-state index in [1.54, 1.807) is 11.8 Å². The molecule has 0 spiro atoms. The lowest BCUT2D eigenvalue weighted by Crippen LogP contribution is -2.47. The Morgan fingerprint density at radius 3 is 3.00 bits per heavy atom. The fourth-order valence-electron chi connectivity index (χ4n) is 1.52. The number of carbonyl (C=O) groups excluding carboxylic acids is 1. The van der Waals surface area contributed by atoms with Gasteiger partial charge in [-0.15, -0.1) is 0 Å². The lowest BCUT2D eigenvalue weighted by atomic mass is 10.0. The van der Waals surface area contributed by atoms with Crippen LogP contribution in [0.15, 0.2) is 0 Å². The van der Waals surface area contributed by atoms with Gasteiger partial charge in [0.15, 0.2) is 0 Å². The van der Waals surface area contributed by atoms with Crippen molar-refractivity contribution in [3.63, 3.8) is 0 Å². The monoisotopic (exact) mass is 202 g/mol. The predicted octanol–water partition coefficient (Wildman–Crippen LogP) is 0.608. The van der Waals surface area contributed by atoms with E-state index in [0.29, 0.717) is 6.42 Å². The van der Waals surface area contributed by atoms with E-state index in [1.165, 1.54) is 0 Å². The summed E-state index contributed by atoms with van der Waals surface area (Å²) < 4.78 is 0. The number of carbonyl (C=O) groups is 1. The molecule has 0 aliphatic carbocycles. The Hall–Kier alpha value is -0.220. The minimum Gasteiger partial charge on any atom is -0.350 e. The van der Waals surface area contributed by atoms with Crippen LogP contribution in [-0.2, 0) is 4.79 Å². The summed E-state index contributed by atoms with van der Waals surface area (Å²) in [6.07, 6.45) is 3.70. The van der Waals surface area contributed by atoms with Crippen LogP contribution in [0, 0.1) is 0 Å². The van der Waals surface area contributed by atoms with Crippen LogP contribution in [-0.4, -0.2) is 36.5 Å². The Bertz CT molecular complexity index is 178. The first-order valence-corrected chi connectivity index (χ1v) is 6.06. The van der Waals surface area contributed by atoms with Crippen molar-refractivity contribution in [1.29, 1.82) is 0 Å². The largest absolute Gasteiger partial charge is 0.350 e. The van der Waals surface area contributed by atoms with Crippen molar-refractivity contribution in [1.82, 2.24) is 10.6 Å². The van der Waals surface area contributed by atoms with Gasteiger partial charge in [-0.3, -0.25) is 4.79 Å². The van der Waals surface area contributed by atoms with Crippen LogP contribution in [0.5, 0.6) is 0 Å². The second-order valence-electron chi connectivity index (χ2n) is 3.78. The summed E-state index contributed by atoms with van der Waals surface area (Å²) in [4.78, 5) is 11.4. The zero-order valence-corrected chi connectivity index (χ0v) is 9.17. The van der Waals surface area contributed by atoms with Crippen molar-refractivity contribution in [2.24, 2.45) is 0 Å². The first-order chi connectivity index (χ1) is 6.16. The second kappa shape index (κ2) is 4.86. The lowest BCUT2D eigenvalue weighted by Gasteiger charge is -2.24. The van der Waals surface area contributed by atoms with E-state index >= 15 is 0 Å². The minimum atomic E-state index is -0.00447. The maximum atomic E-state index is 11.4. The second-order valence-corrected chi connectivity index (χ2v) is 4.76. The number of rotatable bonds is 4. The van der Waals surface area contributed by atoms with E-state index in [4.69, 9.17) is 0 Å². The number of amides is 1. The van der Waals surface area contributed by atoms with Gasteiger partial charge in [-0.05, 0) is 26.1 Å². The summed E-state index contributed by atoms with van der Waals surface area (Å²) in [5.74, 6) is 1.09. The Kier molecular flexibility index (Phi) is 4.06. The molecule has 13 heavy (non-hydrogen) atoms. The standard InChI is InChI=1S/C9H18N2OS/c1-9(4-5-10-7-9)11-8(12)3-6-13-2/h10H,3-7H2,1-2H3,(H,11,12). The van der Waals surface area contributed by atoms with E-state index in [-0.39, 0.29) is 11.4 Å². The number of hydrogen-bond acceptors (Lipinski definition) is 3. The van der Waals surface area contributed by atoms with Crippen molar-refractivity contribution in [3.05, 3.63) is 0 Å². The first-order valence-electron chi connectivity index (χ1n) is 4.67. The number of nitrogens with one attached hydrogen (secondary N) is 2. The van der Waals surface area contributed by atoms with Gasteiger partial charge in [0.25, 0.3) is 0 Å². The van der Waals surface area contributed by atoms with Gasteiger partial charge in [0.05, 0.1) is 5.54 Å². The quantitative estimate of drug-likeness (QED) is 0.702. The summed E-state index contributed by atoms with van der Waals surface area (Å²) in [6, 6.07) is 0. The van der Waals surface area contributed by atoms with Gasteiger partial charge in [0.1, 0.15) is 0 Å². The van der Waals surface area contributed by atoms with Gasteiger partial charge >= 0.3 is 0 Å². The Labute approximate surface area is 84.0 Å². The molecule has 1 amide bonds. The van der Waals surface area contributed by atoms with Crippen molar-refractivity contribution in [2.45, 2.75) is 25.3 Å². The molecule has 1 fully saturated rings. The van der Waals surface area contributed by atoms with E-state index in [2.05, 4.69) is 17.6 Å². The molecule has 1 saturated heterocycles. The average molecular weight is 202 g/mol. The molecule has 0 aromatic rings. The maximum Gasteiger partial charge on any atom is 0.221 e. The average Bonchev–Trinajstić information content (AvgIpc) is 2.48. The Morgan fingerprint density at radius 2 is 2.46 bits per heavy atom. The summed E-state index contributed by atoms with van der Waals surface area (Å²) in [5, 5.41) is 6.33. The number of hydrogen-bond donors (Lipinski definition) is 2.